The lowest BCUT2D eigenvalue weighted by Gasteiger charge is -2.44. The number of rotatable bonds is 7. The number of methoxy groups -OCH3 is 1. The highest BCUT2D eigenvalue weighted by Gasteiger charge is 2.31. The molecule has 0 aliphatic carbocycles. The Labute approximate surface area is 159 Å². The van der Waals surface area contributed by atoms with E-state index in [9.17, 15) is 4.79 Å². The number of carbonyl (C=O) groups is 1. The van der Waals surface area contributed by atoms with E-state index >= 15 is 0 Å². The third-order valence-corrected chi connectivity index (χ3v) is 4.70. The number of anilines is 1. The standard InChI is InChI=1S/C20H26N4O3/c1-26-20(25)8-7-19(27-17-5-3-2-4-6-17)24-14-13-23(15-18(24)21)16-9-11-22-12-10-16/h2-6,9-12,18-19H,7-8,13-15,21H2,1H3. The molecule has 144 valence electrons. The van der Waals surface area contributed by atoms with Crippen LogP contribution in [-0.2, 0) is 9.53 Å². The van der Waals surface area contributed by atoms with E-state index in [1.807, 2.05) is 42.5 Å². The molecule has 1 fully saturated rings. The largest absolute Gasteiger partial charge is 0.475 e. The quantitative estimate of drug-likeness (QED) is 0.745. The zero-order valence-electron chi connectivity index (χ0n) is 15.5. The molecule has 1 aromatic heterocycles. The van der Waals surface area contributed by atoms with Crippen molar-refractivity contribution in [2.45, 2.75) is 25.2 Å². The third kappa shape index (κ3) is 5.18. The minimum atomic E-state index is -0.291. The fraction of sp³-hybridized carbons (Fsp3) is 0.400. The van der Waals surface area contributed by atoms with Crippen LogP contribution in [0.15, 0.2) is 54.9 Å². The van der Waals surface area contributed by atoms with Gasteiger partial charge < -0.3 is 20.1 Å². The van der Waals surface area contributed by atoms with Crippen molar-refractivity contribution in [2.75, 3.05) is 31.6 Å². The summed E-state index contributed by atoms with van der Waals surface area (Å²) in [5, 5.41) is 0. The number of hydrogen-bond acceptors (Lipinski definition) is 7. The van der Waals surface area contributed by atoms with Crippen molar-refractivity contribution >= 4 is 11.7 Å². The van der Waals surface area contributed by atoms with Gasteiger partial charge in [0.05, 0.1) is 19.7 Å². The Balaban J connectivity index is 1.68. The van der Waals surface area contributed by atoms with Crippen molar-refractivity contribution in [1.82, 2.24) is 9.88 Å². The van der Waals surface area contributed by atoms with Crippen LogP contribution >= 0.6 is 0 Å². The normalized spacial score (nSPS) is 18.7. The van der Waals surface area contributed by atoms with Gasteiger partial charge in [-0.3, -0.25) is 9.78 Å². The van der Waals surface area contributed by atoms with Crippen LogP contribution in [0.3, 0.4) is 0 Å². The Morgan fingerprint density at radius 3 is 2.63 bits per heavy atom. The Morgan fingerprint density at radius 1 is 1.22 bits per heavy atom. The second-order valence-electron chi connectivity index (χ2n) is 6.46. The van der Waals surface area contributed by atoms with Crippen molar-refractivity contribution < 1.29 is 14.3 Å². The molecule has 1 saturated heterocycles. The second kappa shape index (κ2) is 9.34. The maximum Gasteiger partial charge on any atom is 0.305 e. The first-order chi connectivity index (χ1) is 13.2. The molecule has 3 rings (SSSR count). The molecule has 2 atom stereocenters. The van der Waals surface area contributed by atoms with Gasteiger partial charge in [0.1, 0.15) is 5.75 Å². The highest BCUT2D eigenvalue weighted by molar-refractivity contribution is 5.69. The third-order valence-electron chi connectivity index (χ3n) is 4.70. The van der Waals surface area contributed by atoms with E-state index in [-0.39, 0.29) is 24.8 Å². The molecule has 1 aliphatic rings. The first-order valence-electron chi connectivity index (χ1n) is 9.12. The maximum atomic E-state index is 11.6. The van der Waals surface area contributed by atoms with Gasteiger partial charge in [-0.1, -0.05) is 18.2 Å². The van der Waals surface area contributed by atoms with Gasteiger partial charge in [-0.2, -0.15) is 0 Å². The SMILES string of the molecule is COC(=O)CCC(Oc1ccccc1)N1CCN(c2ccncc2)CC1N. The molecular formula is C20H26N4O3. The van der Waals surface area contributed by atoms with Gasteiger partial charge in [-0.15, -0.1) is 0 Å². The highest BCUT2D eigenvalue weighted by atomic mass is 16.5. The van der Waals surface area contributed by atoms with Crippen LogP contribution < -0.4 is 15.4 Å². The summed E-state index contributed by atoms with van der Waals surface area (Å²) in [6.07, 6.45) is 3.87. The van der Waals surface area contributed by atoms with Crippen LogP contribution in [0.2, 0.25) is 0 Å². The molecule has 0 spiro atoms. The van der Waals surface area contributed by atoms with Crippen molar-refractivity contribution in [3.63, 3.8) is 0 Å². The van der Waals surface area contributed by atoms with E-state index in [1.165, 1.54) is 7.11 Å². The van der Waals surface area contributed by atoms with Gasteiger partial charge in [0.25, 0.3) is 0 Å². The average molecular weight is 370 g/mol. The smallest absolute Gasteiger partial charge is 0.305 e. The van der Waals surface area contributed by atoms with Gasteiger partial charge in [0.15, 0.2) is 6.23 Å². The van der Waals surface area contributed by atoms with Gasteiger partial charge in [-0.25, -0.2) is 4.90 Å². The predicted molar refractivity (Wildman–Crippen MR) is 103 cm³/mol. The zero-order chi connectivity index (χ0) is 19.1. The van der Waals surface area contributed by atoms with Crippen molar-refractivity contribution in [1.29, 1.82) is 0 Å². The van der Waals surface area contributed by atoms with E-state index in [0.29, 0.717) is 13.0 Å². The highest BCUT2D eigenvalue weighted by Crippen LogP contribution is 2.22. The molecule has 7 nitrogen and oxygen atoms in total. The molecule has 2 heterocycles. The number of carbonyl (C=O) groups excluding carboxylic acids is 1. The number of benzene rings is 1. The van der Waals surface area contributed by atoms with E-state index in [0.717, 1.165) is 24.5 Å². The molecule has 0 saturated carbocycles. The molecule has 0 amide bonds. The van der Waals surface area contributed by atoms with Gasteiger partial charge in [0.2, 0.25) is 0 Å². The minimum absolute atomic E-state index is 0.210. The summed E-state index contributed by atoms with van der Waals surface area (Å²) < 4.78 is 11.0. The lowest BCUT2D eigenvalue weighted by Crippen LogP contribution is -2.61. The van der Waals surface area contributed by atoms with Crippen LogP contribution in [0.4, 0.5) is 5.69 Å². The summed E-state index contributed by atoms with van der Waals surface area (Å²) >= 11 is 0. The maximum absolute atomic E-state index is 11.6. The molecule has 7 heteroatoms. The topological polar surface area (TPSA) is 80.9 Å². The Kier molecular flexibility index (Phi) is 6.62. The van der Waals surface area contributed by atoms with Crippen LogP contribution in [0.25, 0.3) is 0 Å². The molecular weight excluding hydrogens is 344 g/mol. The number of ether oxygens (including phenoxy) is 2. The fourth-order valence-corrected chi connectivity index (χ4v) is 3.26. The molecule has 2 N–H and O–H groups in total. The number of piperazine rings is 1. The van der Waals surface area contributed by atoms with Gasteiger partial charge in [-0.05, 0) is 24.3 Å². The van der Waals surface area contributed by atoms with E-state index in [1.54, 1.807) is 12.4 Å². The molecule has 1 aromatic carbocycles. The lowest BCUT2D eigenvalue weighted by atomic mass is 10.2. The first kappa shape index (κ1) is 19.1. The van der Waals surface area contributed by atoms with Crippen LogP contribution in [-0.4, -0.2) is 55.0 Å². The van der Waals surface area contributed by atoms with Crippen molar-refractivity contribution in [3.8, 4) is 5.75 Å². The Bertz CT molecular complexity index is 714. The van der Waals surface area contributed by atoms with E-state index in [2.05, 4.69) is 14.8 Å². The Morgan fingerprint density at radius 2 is 1.96 bits per heavy atom. The molecule has 0 bridgehead atoms. The monoisotopic (exact) mass is 370 g/mol. The summed E-state index contributed by atoms with van der Waals surface area (Å²) in [6.45, 7) is 2.24. The fourth-order valence-electron chi connectivity index (χ4n) is 3.26. The van der Waals surface area contributed by atoms with Crippen molar-refractivity contribution in [2.24, 2.45) is 5.73 Å². The number of pyridine rings is 1. The molecule has 2 unspecified atom stereocenters. The zero-order valence-corrected chi connectivity index (χ0v) is 15.5. The number of esters is 1. The van der Waals surface area contributed by atoms with E-state index < -0.39 is 0 Å². The van der Waals surface area contributed by atoms with Crippen molar-refractivity contribution in [3.05, 3.63) is 54.9 Å². The summed E-state index contributed by atoms with van der Waals surface area (Å²) in [5.74, 6) is 0.511. The van der Waals surface area contributed by atoms with Crippen LogP contribution in [0, 0.1) is 0 Å². The summed E-state index contributed by atoms with van der Waals surface area (Å²) in [7, 11) is 1.40. The van der Waals surface area contributed by atoms with Gasteiger partial charge >= 0.3 is 5.97 Å². The second-order valence-corrected chi connectivity index (χ2v) is 6.46. The molecule has 0 radical (unpaired) electrons. The average Bonchev–Trinajstić information content (AvgIpc) is 2.72. The lowest BCUT2D eigenvalue weighted by molar-refractivity contribution is -0.142. The van der Waals surface area contributed by atoms with E-state index in [4.69, 9.17) is 15.2 Å². The molecule has 2 aromatic rings. The number of nitrogens with zero attached hydrogens (tertiary/aromatic N) is 3. The summed E-state index contributed by atoms with van der Waals surface area (Å²) in [6, 6.07) is 13.6. The first-order valence-corrected chi connectivity index (χ1v) is 9.12. The predicted octanol–water partition coefficient (Wildman–Crippen LogP) is 1.85. The van der Waals surface area contributed by atoms with Crippen LogP contribution in [0.1, 0.15) is 12.8 Å². The number of hydrogen-bond donors (Lipinski definition) is 1. The molecule has 27 heavy (non-hydrogen) atoms. The number of nitrogens with two attached hydrogens (primary N) is 1. The Hall–Kier alpha value is -2.64. The summed E-state index contributed by atoms with van der Waals surface area (Å²) in [4.78, 5) is 20.1. The number of aromatic nitrogens is 1. The van der Waals surface area contributed by atoms with Gasteiger partial charge in [0, 0.05) is 44.1 Å². The van der Waals surface area contributed by atoms with Crippen LogP contribution in [0.5, 0.6) is 5.75 Å². The summed E-state index contributed by atoms with van der Waals surface area (Å²) in [5.41, 5.74) is 7.58. The molecule has 1 aliphatic heterocycles. The minimum Gasteiger partial charge on any atom is -0.475 e. The number of para-hydroxylation sites is 1.